The van der Waals surface area contributed by atoms with Crippen molar-refractivity contribution >= 4 is 51.1 Å². The first-order valence-electron chi connectivity index (χ1n) is 8.90. The third-order valence-corrected chi connectivity index (χ3v) is 5.94. The van der Waals surface area contributed by atoms with Gasteiger partial charge in [0.2, 0.25) is 0 Å². The van der Waals surface area contributed by atoms with Crippen LogP contribution < -0.4 is 10.5 Å². The van der Waals surface area contributed by atoms with E-state index in [0.717, 1.165) is 28.1 Å². The highest BCUT2D eigenvalue weighted by molar-refractivity contribution is 7.98. The van der Waals surface area contributed by atoms with Crippen LogP contribution in [0.25, 0.3) is 11.0 Å². The molecule has 3 aromatic rings. The number of benzene rings is 1. The normalized spacial score (nSPS) is 10.9. The number of H-pyrrole nitrogens is 1. The van der Waals surface area contributed by atoms with Gasteiger partial charge in [-0.1, -0.05) is 11.8 Å². The number of hydrogen-bond acceptors (Lipinski definition) is 9. The number of nitrogens with two attached hydrogens (primary N) is 1. The number of anilines is 1. The maximum Gasteiger partial charge on any atom is 0.348 e. The Bertz CT molecular complexity index is 1040. The number of nitrogens with zero attached hydrogens (tertiary/aromatic N) is 1. The van der Waals surface area contributed by atoms with E-state index in [1.54, 1.807) is 21.0 Å². The maximum atomic E-state index is 12.4. The van der Waals surface area contributed by atoms with Gasteiger partial charge < -0.3 is 24.9 Å². The number of hydrogen-bond donors (Lipinski definition) is 2. The number of aromatic amines is 1. The Balaban J connectivity index is 1.92. The number of thioether (sulfide) groups is 1. The smallest absolute Gasteiger partial charge is 0.348 e. The highest BCUT2D eigenvalue weighted by Crippen LogP contribution is 2.36. The topological polar surface area (TPSA) is 117 Å². The summed E-state index contributed by atoms with van der Waals surface area (Å²) in [6, 6.07) is 5.53. The first-order valence-corrected chi connectivity index (χ1v) is 10.7. The summed E-state index contributed by atoms with van der Waals surface area (Å²) in [5.41, 5.74) is 8.35. The van der Waals surface area contributed by atoms with Gasteiger partial charge in [0.05, 0.1) is 36.9 Å². The predicted molar refractivity (Wildman–Crippen MR) is 113 cm³/mol. The Labute approximate surface area is 175 Å². The Morgan fingerprint density at radius 3 is 2.62 bits per heavy atom. The van der Waals surface area contributed by atoms with Crippen molar-refractivity contribution in [2.45, 2.75) is 24.8 Å². The highest BCUT2D eigenvalue weighted by Gasteiger charge is 2.28. The highest BCUT2D eigenvalue weighted by atomic mass is 32.2. The van der Waals surface area contributed by atoms with Crippen LogP contribution in [0.1, 0.15) is 39.4 Å². The summed E-state index contributed by atoms with van der Waals surface area (Å²) in [4.78, 5) is 32.8. The molecule has 0 spiro atoms. The number of ether oxygens (including phenoxy) is 3. The van der Waals surface area contributed by atoms with Gasteiger partial charge >= 0.3 is 11.9 Å². The van der Waals surface area contributed by atoms with Gasteiger partial charge in [0.1, 0.15) is 15.6 Å². The zero-order valence-electron chi connectivity index (χ0n) is 16.2. The quantitative estimate of drug-likeness (QED) is 0.405. The van der Waals surface area contributed by atoms with E-state index in [0.29, 0.717) is 21.3 Å². The van der Waals surface area contributed by atoms with Gasteiger partial charge in [-0.05, 0) is 26.0 Å². The van der Waals surface area contributed by atoms with Crippen LogP contribution in [0.3, 0.4) is 0 Å². The number of carbonyl (C=O) groups is 2. The number of nitrogen functional groups attached to an aromatic ring is 1. The van der Waals surface area contributed by atoms with Crippen molar-refractivity contribution in [3.63, 3.8) is 0 Å². The zero-order valence-corrected chi connectivity index (χ0v) is 17.9. The molecule has 0 aliphatic heterocycles. The summed E-state index contributed by atoms with van der Waals surface area (Å²) in [5.74, 6) is -0.0450. The van der Waals surface area contributed by atoms with E-state index in [-0.39, 0.29) is 23.8 Å². The SMILES string of the molecule is CCOC(=O)c1sc(N)c(C(=O)OCC)c1CSc1nc2ccc(OC)cc2[nH]1. The van der Waals surface area contributed by atoms with Crippen LogP contribution in [0.15, 0.2) is 23.4 Å². The van der Waals surface area contributed by atoms with Crippen LogP contribution in [0.5, 0.6) is 5.75 Å². The molecule has 0 unspecified atom stereocenters. The minimum absolute atomic E-state index is 0.209. The molecule has 2 heterocycles. The monoisotopic (exact) mass is 435 g/mol. The number of thiophene rings is 1. The van der Waals surface area contributed by atoms with Gasteiger partial charge in [0.25, 0.3) is 0 Å². The fourth-order valence-electron chi connectivity index (χ4n) is 2.71. The number of fused-ring (bicyclic) bond motifs is 1. The molecule has 29 heavy (non-hydrogen) atoms. The largest absolute Gasteiger partial charge is 0.497 e. The molecule has 3 N–H and O–H groups in total. The van der Waals surface area contributed by atoms with Crippen LogP contribution in [-0.2, 0) is 15.2 Å². The number of esters is 2. The van der Waals surface area contributed by atoms with Gasteiger partial charge in [-0.3, -0.25) is 0 Å². The lowest BCUT2D eigenvalue weighted by Crippen LogP contribution is -2.11. The molecule has 0 radical (unpaired) electrons. The van der Waals surface area contributed by atoms with Crippen LogP contribution in [0.4, 0.5) is 5.00 Å². The van der Waals surface area contributed by atoms with Gasteiger partial charge in [-0.15, -0.1) is 11.3 Å². The van der Waals surface area contributed by atoms with Gasteiger partial charge in [-0.2, -0.15) is 0 Å². The number of rotatable bonds is 8. The van der Waals surface area contributed by atoms with Crippen LogP contribution in [0, 0.1) is 0 Å². The molecule has 10 heteroatoms. The Morgan fingerprint density at radius 2 is 1.93 bits per heavy atom. The van der Waals surface area contributed by atoms with E-state index < -0.39 is 11.9 Å². The summed E-state index contributed by atoms with van der Waals surface area (Å²) in [5, 5.41) is 0.874. The van der Waals surface area contributed by atoms with Crippen LogP contribution in [0.2, 0.25) is 0 Å². The van der Waals surface area contributed by atoms with Crippen molar-refractivity contribution in [2.75, 3.05) is 26.1 Å². The predicted octanol–water partition coefficient (Wildman–Crippen LogP) is 3.86. The molecule has 0 saturated heterocycles. The van der Waals surface area contributed by atoms with E-state index >= 15 is 0 Å². The average Bonchev–Trinajstić information content (AvgIpc) is 3.26. The fraction of sp³-hybridized carbons (Fsp3) is 0.316. The minimum Gasteiger partial charge on any atom is -0.497 e. The lowest BCUT2D eigenvalue weighted by molar-refractivity contribution is 0.0527. The van der Waals surface area contributed by atoms with Crippen molar-refractivity contribution in [3.8, 4) is 5.75 Å². The third kappa shape index (κ3) is 4.48. The fourth-order valence-corrected chi connectivity index (χ4v) is 4.69. The van der Waals surface area contributed by atoms with E-state index in [9.17, 15) is 9.59 Å². The first kappa shape index (κ1) is 21.0. The number of carbonyl (C=O) groups excluding carboxylic acids is 2. The van der Waals surface area contributed by atoms with Gasteiger partial charge in [0, 0.05) is 17.4 Å². The molecular formula is C19H21N3O5S2. The van der Waals surface area contributed by atoms with Gasteiger partial charge in [-0.25, -0.2) is 14.6 Å². The molecular weight excluding hydrogens is 414 g/mol. The van der Waals surface area contributed by atoms with Crippen molar-refractivity contribution in [1.82, 2.24) is 9.97 Å². The molecule has 2 aromatic heterocycles. The molecule has 1 aromatic carbocycles. The number of nitrogens with one attached hydrogen (secondary N) is 1. The lowest BCUT2D eigenvalue weighted by Gasteiger charge is -2.07. The Morgan fingerprint density at radius 1 is 1.21 bits per heavy atom. The Hall–Kier alpha value is -2.72. The van der Waals surface area contributed by atoms with E-state index in [4.69, 9.17) is 19.9 Å². The minimum atomic E-state index is -0.554. The summed E-state index contributed by atoms with van der Waals surface area (Å²) in [6.45, 7) is 3.87. The second-order valence-electron chi connectivity index (χ2n) is 5.80. The molecule has 0 atom stereocenters. The summed E-state index contributed by atoms with van der Waals surface area (Å²) < 4.78 is 15.5. The lowest BCUT2D eigenvalue weighted by atomic mass is 10.1. The molecule has 8 nitrogen and oxygen atoms in total. The third-order valence-electron chi connectivity index (χ3n) is 4.00. The van der Waals surface area contributed by atoms with Crippen molar-refractivity contribution in [3.05, 3.63) is 34.2 Å². The first-order chi connectivity index (χ1) is 14.0. The summed E-state index contributed by atoms with van der Waals surface area (Å²) in [6.07, 6.45) is 0. The van der Waals surface area contributed by atoms with E-state index in [1.807, 2.05) is 18.2 Å². The van der Waals surface area contributed by atoms with Crippen LogP contribution >= 0.6 is 23.1 Å². The molecule has 0 bridgehead atoms. The molecule has 0 aliphatic carbocycles. The van der Waals surface area contributed by atoms with Gasteiger partial charge in [0.15, 0.2) is 5.16 Å². The number of imidazole rings is 1. The summed E-state index contributed by atoms with van der Waals surface area (Å²) >= 11 is 2.38. The second-order valence-corrected chi connectivity index (χ2v) is 7.82. The van der Waals surface area contributed by atoms with E-state index in [2.05, 4.69) is 9.97 Å². The number of methoxy groups -OCH3 is 1. The molecule has 3 rings (SSSR count). The Kier molecular flexibility index (Phi) is 6.65. The second kappa shape index (κ2) is 9.19. The molecule has 0 aliphatic rings. The number of aromatic nitrogens is 2. The van der Waals surface area contributed by atoms with E-state index in [1.165, 1.54) is 11.8 Å². The molecule has 0 saturated carbocycles. The standard InChI is InChI=1S/C19H21N3O5S2/c1-4-26-17(23)14-11(15(29-16(14)20)18(24)27-5-2)9-28-19-21-12-7-6-10(25-3)8-13(12)22-19/h6-8H,4-5,9,20H2,1-3H3,(H,21,22). The summed E-state index contributed by atoms with van der Waals surface area (Å²) in [7, 11) is 1.60. The molecule has 0 amide bonds. The zero-order chi connectivity index (χ0) is 21.0. The molecule has 154 valence electrons. The molecule has 0 fully saturated rings. The maximum absolute atomic E-state index is 12.4. The average molecular weight is 436 g/mol. The van der Waals surface area contributed by atoms with Crippen molar-refractivity contribution in [2.24, 2.45) is 0 Å². The van der Waals surface area contributed by atoms with Crippen LogP contribution in [-0.4, -0.2) is 42.2 Å². The van der Waals surface area contributed by atoms with Crippen molar-refractivity contribution in [1.29, 1.82) is 0 Å². The van der Waals surface area contributed by atoms with Crippen molar-refractivity contribution < 1.29 is 23.8 Å².